The Morgan fingerprint density at radius 1 is 1.00 bits per heavy atom. The number of piperidine rings is 2. The summed E-state index contributed by atoms with van der Waals surface area (Å²) >= 11 is 1.64. The Morgan fingerprint density at radius 2 is 1.73 bits per heavy atom. The van der Waals surface area contributed by atoms with Gasteiger partial charge in [-0.1, -0.05) is 11.3 Å². The number of hydrogen-bond acceptors (Lipinski definition) is 9. The molecule has 2 fully saturated rings. The molecule has 0 saturated carbocycles. The lowest BCUT2D eigenvalue weighted by atomic mass is 10.1. The first-order chi connectivity index (χ1) is 17.7. The summed E-state index contributed by atoms with van der Waals surface area (Å²) in [5.41, 5.74) is 3.21. The number of thiazole rings is 1. The maximum atomic E-state index is 13.3. The molecule has 0 bridgehead atoms. The predicted octanol–water partition coefficient (Wildman–Crippen LogP) is 5.70. The third kappa shape index (κ3) is 5.26. The summed E-state index contributed by atoms with van der Waals surface area (Å²) in [5, 5.41) is 4.08. The number of aryl methyl sites for hydroxylation is 1. The summed E-state index contributed by atoms with van der Waals surface area (Å²) in [6.07, 6.45) is 10.2. The minimum Gasteiger partial charge on any atom is -0.444 e. The van der Waals surface area contributed by atoms with Crippen molar-refractivity contribution in [2.75, 3.05) is 41.3 Å². The van der Waals surface area contributed by atoms with Crippen molar-refractivity contribution in [1.82, 2.24) is 19.9 Å². The number of nitrogens with one attached hydrogen (secondary N) is 1. The molecular weight excluding hydrogens is 510 g/mol. The Hall–Kier alpha value is -3.24. The number of nitrogens with zero attached hydrogens (tertiary/aromatic N) is 6. The molecule has 1 amide bonds. The molecule has 4 aromatic rings. The van der Waals surface area contributed by atoms with Crippen molar-refractivity contribution < 1.29 is 9.21 Å². The zero-order valence-electron chi connectivity index (χ0n) is 20.8. The maximum Gasteiger partial charge on any atom is 0.277 e. The highest BCUT2D eigenvalue weighted by Crippen LogP contribution is 2.36. The molecule has 2 aliphatic rings. The number of halogens is 1. The van der Waals surface area contributed by atoms with Crippen LogP contribution in [0, 0.1) is 6.92 Å². The van der Waals surface area contributed by atoms with Crippen LogP contribution in [0.25, 0.3) is 21.8 Å². The fraction of sp³-hybridized carbons (Fsp3) is 0.423. The summed E-state index contributed by atoms with van der Waals surface area (Å²) in [7, 11) is 0. The van der Waals surface area contributed by atoms with Gasteiger partial charge >= 0.3 is 0 Å². The monoisotopic (exact) mass is 539 g/mol. The van der Waals surface area contributed by atoms with Crippen LogP contribution in [0.5, 0.6) is 0 Å². The largest absolute Gasteiger partial charge is 0.444 e. The molecule has 0 radical (unpaired) electrons. The molecular formula is C26H30ClN7O2S. The summed E-state index contributed by atoms with van der Waals surface area (Å²) < 4.78 is 6.60. The second kappa shape index (κ2) is 11.0. The lowest BCUT2D eigenvalue weighted by Crippen LogP contribution is -2.31. The van der Waals surface area contributed by atoms with Crippen molar-refractivity contribution in [3.63, 3.8) is 0 Å². The average molecular weight is 540 g/mol. The molecule has 194 valence electrons. The molecule has 1 N–H and O–H groups in total. The Morgan fingerprint density at radius 3 is 2.46 bits per heavy atom. The number of carbonyl (C=O) groups is 1. The molecule has 0 aromatic carbocycles. The molecule has 0 aliphatic carbocycles. The Kier molecular flexibility index (Phi) is 7.57. The predicted molar refractivity (Wildman–Crippen MR) is 149 cm³/mol. The second-order valence-electron chi connectivity index (χ2n) is 9.40. The highest BCUT2D eigenvalue weighted by atomic mass is 35.5. The Labute approximate surface area is 225 Å². The molecule has 0 atom stereocenters. The van der Waals surface area contributed by atoms with Crippen molar-refractivity contribution in [3.05, 3.63) is 42.0 Å². The Bertz CT molecular complexity index is 1390. The van der Waals surface area contributed by atoms with Crippen LogP contribution in [0.2, 0.25) is 0 Å². The molecule has 11 heteroatoms. The molecule has 0 unspecified atom stereocenters. The highest BCUT2D eigenvalue weighted by molar-refractivity contribution is 7.22. The van der Waals surface area contributed by atoms with Gasteiger partial charge in [0.25, 0.3) is 5.91 Å². The topological polar surface area (TPSA) is 100 Å². The first kappa shape index (κ1) is 25.4. The Balaban J connectivity index is 0.00000280. The van der Waals surface area contributed by atoms with Gasteiger partial charge < -0.3 is 19.5 Å². The van der Waals surface area contributed by atoms with E-state index < -0.39 is 0 Å². The van der Waals surface area contributed by atoms with Crippen LogP contribution in [0.3, 0.4) is 0 Å². The fourth-order valence-electron chi connectivity index (χ4n) is 4.90. The van der Waals surface area contributed by atoms with E-state index in [-0.39, 0.29) is 24.0 Å². The van der Waals surface area contributed by atoms with E-state index in [4.69, 9.17) is 14.4 Å². The van der Waals surface area contributed by atoms with Crippen LogP contribution in [0.15, 0.2) is 35.1 Å². The summed E-state index contributed by atoms with van der Waals surface area (Å²) in [6, 6.07) is 5.72. The van der Waals surface area contributed by atoms with E-state index >= 15 is 0 Å². The molecule has 0 spiro atoms. The van der Waals surface area contributed by atoms with E-state index in [1.807, 2.05) is 25.1 Å². The van der Waals surface area contributed by atoms with Crippen LogP contribution >= 0.6 is 23.7 Å². The maximum absolute atomic E-state index is 13.3. The zero-order valence-corrected chi connectivity index (χ0v) is 22.4. The van der Waals surface area contributed by atoms with E-state index in [1.54, 1.807) is 17.5 Å². The first-order valence-corrected chi connectivity index (χ1v) is 13.5. The molecule has 6 rings (SSSR count). The van der Waals surface area contributed by atoms with Gasteiger partial charge in [-0.2, -0.15) is 4.98 Å². The van der Waals surface area contributed by atoms with E-state index in [1.165, 1.54) is 31.9 Å². The van der Waals surface area contributed by atoms with Crippen LogP contribution < -0.4 is 15.1 Å². The minimum atomic E-state index is -0.327. The number of carbonyl (C=O) groups excluding carboxylic acids is 1. The van der Waals surface area contributed by atoms with Crippen molar-refractivity contribution in [2.24, 2.45) is 0 Å². The van der Waals surface area contributed by atoms with E-state index in [0.29, 0.717) is 11.6 Å². The lowest BCUT2D eigenvalue weighted by molar-refractivity contribution is 0.102. The van der Waals surface area contributed by atoms with E-state index in [2.05, 4.69) is 25.1 Å². The number of anilines is 3. The molecule has 4 aromatic heterocycles. The number of pyridine rings is 2. The summed E-state index contributed by atoms with van der Waals surface area (Å²) in [5.74, 6) is 0.828. The molecule has 2 saturated heterocycles. The van der Waals surface area contributed by atoms with Gasteiger partial charge in [-0.25, -0.2) is 9.97 Å². The second-order valence-corrected chi connectivity index (χ2v) is 10.4. The quantitative estimate of drug-likeness (QED) is 0.344. The van der Waals surface area contributed by atoms with Gasteiger partial charge in [0.2, 0.25) is 5.89 Å². The van der Waals surface area contributed by atoms with Crippen LogP contribution in [0.1, 0.15) is 54.7 Å². The van der Waals surface area contributed by atoms with Gasteiger partial charge in [-0.05, 0) is 63.6 Å². The van der Waals surface area contributed by atoms with Crippen molar-refractivity contribution in [2.45, 2.75) is 45.4 Å². The number of fused-ring (bicyclic) bond motifs is 1. The number of amides is 1. The lowest BCUT2D eigenvalue weighted by Gasteiger charge is -2.29. The van der Waals surface area contributed by atoms with Crippen LogP contribution in [0.4, 0.5) is 16.6 Å². The molecule has 9 nitrogen and oxygen atoms in total. The van der Waals surface area contributed by atoms with Crippen molar-refractivity contribution in [3.8, 4) is 11.5 Å². The number of hydrogen-bond donors (Lipinski definition) is 1. The number of aromatic nitrogens is 4. The normalized spacial score (nSPS) is 16.0. The smallest absolute Gasteiger partial charge is 0.277 e. The molecule has 6 heterocycles. The van der Waals surface area contributed by atoms with Gasteiger partial charge in [0.1, 0.15) is 6.26 Å². The van der Waals surface area contributed by atoms with E-state index in [9.17, 15) is 4.79 Å². The van der Waals surface area contributed by atoms with Crippen molar-refractivity contribution >= 4 is 56.6 Å². The number of oxazole rings is 1. The van der Waals surface area contributed by atoms with Gasteiger partial charge in [0.05, 0.1) is 16.0 Å². The van der Waals surface area contributed by atoms with Gasteiger partial charge in [-0.3, -0.25) is 9.78 Å². The summed E-state index contributed by atoms with van der Waals surface area (Å²) in [6.45, 7) is 5.79. The SMILES string of the molecule is Cc1ncccc1-c1nc(C(=O)Nc2cc3sc(N4CCCCC4)nc3nc2N2CCCCC2)co1.Cl. The van der Waals surface area contributed by atoms with Gasteiger partial charge in [-0.15, -0.1) is 12.4 Å². The standard InChI is InChI=1S/C26H29N7O2S.ClH/c1-17-18(9-8-10-27-17)25-29-20(16-35-25)24(34)28-19-15-21-22(30-23(19)32-11-4-2-5-12-32)31-26(36-21)33-13-6-3-7-14-33;/h8-10,15-16H,2-7,11-14H2,1H3,(H,28,34);1H. The fourth-order valence-corrected chi connectivity index (χ4v) is 5.90. The molecule has 37 heavy (non-hydrogen) atoms. The highest BCUT2D eigenvalue weighted by Gasteiger charge is 2.23. The van der Waals surface area contributed by atoms with Gasteiger partial charge in [0.15, 0.2) is 22.3 Å². The van der Waals surface area contributed by atoms with Gasteiger partial charge in [0, 0.05) is 38.1 Å². The van der Waals surface area contributed by atoms with Crippen molar-refractivity contribution in [1.29, 1.82) is 0 Å². The zero-order chi connectivity index (χ0) is 24.5. The first-order valence-electron chi connectivity index (χ1n) is 12.7. The van der Waals surface area contributed by atoms with E-state index in [0.717, 1.165) is 71.6 Å². The van der Waals surface area contributed by atoms with Crippen LogP contribution in [-0.4, -0.2) is 52.0 Å². The summed E-state index contributed by atoms with van der Waals surface area (Å²) in [4.78, 5) is 36.4. The average Bonchev–Trinajstić information content (AvgIpc) is 3.57. The van der Waals surface area contributed by atoms with Crippen LogP contribution in [-0.2, 0) is 0 Å². The number of rotatable bonds is 5. The minimum absolute atomic E-state index is 0. The molecule has 2 aliphatic heterocycles. The third-order valence-electron chi connectivity index (χ3n) is 6.86. The third-order valence-corrected chi connectivity index (χ3v) is 7.91.